The summed E-state index contributed by atoms with van der Waals surface area (Å²) < 4.78 is 17.2. The minimum Gasteiger partial charge on any atom is -0.493 e. The summed E-state index contributed by atoms with van der Waals surface area (Å²) >= 11 is 1.45. The molecular weight excluding hydrogens is 659 g/mol. The van der Waals surface area contributed by atoms with Crippen molar-refractivity contribution in [3.63, 3.8) is 0 Å². The monoisotopic (exact) mass is 715 g/mol. The fourth-order valence-electron chi connectivity index (χ4n) is 6.71. The van der Waals surface area contributed by atoms with E-state index in [0.717, 1.165) is 41.4 Å². The second-order valence-corrected chi connectivity index (χ2v) is 14.0. The van der Waals surface area contributed by atoms with Gasteiger partial charge in [0.25, 0.3) is 0 Å². The number of ether oxygens (including phenoxy) is 3. The van der Waals surface area contributed by atoms with Gasteiger partial charge in [0.1, 0.15) is 5.75 Å². The van der Waals surface area contributed by atoms with E-state index in [4.69, 9.17) is 24.2 Å². The van der Waals surface area contributed by atoms with Gasteiger partial charge in [-0.2, -0.15) is 0 Å². The number of nitrogens with one attached hydrogen (secondary N) is 1. The number of benzene rings is 2. The lowest BCUT2D eigenvalue weighted by Crippen LogP contribution is -2.19. The molecule has 2 heterocycles. The van der Waals surface area contributed by atoms with Crippen LogP contribution >= 0.6 is 11.8 Å². The number of fused-ring (bicyclic) bond motifs is 1. The van der Waals surface area contributed by atoms with E-state index in [-0.39, 0.29) is 17.7 Å². The van der Waals surface area contributed by atoms with Gasteiger partial charge in [-0.25, -0.2) is 14.6 Å². The summed E-state index contributed by atoms with van der Waals surface area (Å²) in [7, 11) is 1.35. The van der Waals surface area contributed by atoms with Crippen LogP contribution in [0.3, 0.4) is 0 Å². The Labute approximate surface area is 308 Å². The van der Waals surface area contributed by atoms with Crippen LogP contribution in [0, 0.1) is 6.92 Å². The Morgan fingerprint density at radius 3 is 2.02 bits per heavy atom. The highest BCUT2D eigenvalue weighted by atomic mass is 32.2. The van der Waals surface area contributed by atoms with Crippen molar-refractivity contribution in [1.29, 1.82) is 0 Å². The zero-order valence-electron chi connectivity index (χ0n) is 31.4. The van der Waals surface area contributed by atoms with Crippen LogP contribution in [-0.2, 0) is 21.6 Å². The van der Waals surface area contributed by atoms with Crippen molar-refractivity contribution in [2.45, 2.75) is 128 Å². The number of thioether (sulfide) groups is 1. The number of unbranched alkanes of at least 4 members (excludes halogenated alkanes) is 12. The van der Waals surface area contributed by atoms with Gasteiger partial charge in [0.2, 0.25) is 0 Å². The van der Waals surface area contributed by atoms with Crippen LogP contribution in [0.1, 0.15) is 142 Å². The average Bonchev–Trinajstić information content (AvgIpc) is 3.55. The summed E-state index contributed by atoms with van der Waals surface area (Å²) in [4.78, 5) is 40.4. The lowest BCUT2D eigenvalue weighted by atomic mass is 9.87. The van der Waals surface area contributed by atoms with Crippen molar-refractivity contribution < 1.29 is 23.8 Å². The maximum atomic E-state index is 14.0. The van der Waals surface area contributed by atoms with E-state index in [9.17, 15) is 9.59 Å². The number of hydrogen-bond donors (Lipinski definition) is 1. The molecule has 0 aliphatic carbocycles. The van der Waals surface area contributed by atoms with E-state index >= 15 is 0 Å². The lowest BCUT2D eigenvalue weighted by Gasteiger charge is -2.22. The number of esters is 2. The minimum atomic E-state index is -0.560. The molecule has 0 bridgehead atoms. The van der Waals surface area contributed by atoms with Crippen LogP contribution in [0.2, 0.25) is 0 Å². The van der Waals surface area contributed by atoms with Crippen LogP contribution in [-0.4, -0.2) is 47.2 Å². The van der Waals surface area contributed by atoms with Crippen molar-refractivity contribution in [2.24, 2.45) is 0 Å². The number of carbonyl (C=O) groups is 2. The summed E-state index contributed by atoms with van der Waals surface area (Å²) in [6, 6.07) is 13.8. The number of aromatic nitrogens is 3. The number of hydrogen-bond acceptors (Lipinski definition) is 8. The number of imidazole rings is 1. The highest BCUT2D eigenvalue weighted by molar-refractivity contribution is 7.98. The van der Waals surface area contributed by atoms with Crippen LogP contribution in [0.25, 0.3) is 22.2 Å². The molecule has 0 atom stereocenters. The molecule has 51 heavy (non-hydrogen) atoms. The molecule has 1 N–H and O–H groups in total. The second-order valence-electron chi connectivity index (χ2n) is 13.0. The van der Waals surface area contributed by atoms with Crippen molar-refractivity contribution in [3.05, 3.63) is 70.5 Å². The zero-order chi connectivity index (χ0) is 36.4. The maximum absolute atomic E-state index is 14.0. The SMILES string of the molecule is CCCCCCCCCCCCCCCc1cccc(OCC)c1-c1c(C(=O)OC)c(C)nc(CSc2nc3ccccc3[nH]2)c1C(=O)OCC. The predicted octanol–water partition coefficient (Wildman–Crippen LogP) is 11.2. The maximum Gasteiger partial charge on any atom is 0.340 e. The molecule has 2 aromatic carbocycles. The van der Waals surface area contributed by atoms with Gasteiger partial charge in [-0.15, -0.1) is 0 Å². The lowest BCUT2D eigenvalue weighted by molar-refractivity contribution is 0.0525. The number of para-hydroxylation sites is 2. The standard InChI is InChI=1S/C42H57N3O5S/c1-6-9-10-11-12-13-14-15-16-17-18-19-20-24-31-25-23-28-35(49-7-2)37(31)39-36(40(46)48-5)30(4)43-34(38(39)41(47)50-8-3)29-51-42-44-32-26-21-22-27-33(32)45-42/h21-23,25-28H,6-20,24,29H2,1-5H3,(H,44,45). The number of H-pyrrole nitrogens is 1. The van der Waals surface area contributed by atoms with Gasteiger partial charge < -0.3 is 19.2 Å². The van der Waals surface area contributed by atoms with Crippen molar-refractivity contribution in [1.82, 2.24) is 15.0 Å². The topological polar surface area (TPSA) is 103 Å². The third kappa shape index (κ3) is 11.3. The third-order valence-corrected chi connectivity index (χ3v) is 10.1. The number of aryl methyl sites for hydroxylation is 2. The third-order valence-electron chi connectivity index (χ3n) is 9.25. The van der Waals surface area contributed by atoms with Gasteiger partial charge in [0.05, 0.1) is 53.9 Å². The van der Waals surface area contributed by atoms with Crippen LogP contribution in [0.15, 0.2) is 47.6 Å². The van der Waals surface area contributed by atoms with Crippen molar-refractivity contribution in [2.75, 3.05) is 20.3 Å². The molecule has 0 amide bonds. The molecule has 0 spiro atoms. The minimum absolute atomic E-state index is 0.175. The van der Waals surface area contributed by atoms with E-state index in [2.05, 4.69) is 18.0 Å². The summed E-state index contributed by atoms with van der Waals surface area (Å²) in [6.45, 7) is 8.37. The van der Waals surface area contributed by atoms with Crippen molar-refractivity contribution >= 4 is 34.7 Å². The Morgan fingerprint density at radius 1 is 0.725 bits per heavy atom. The molecule has 0 fully saturated rings. The fraction of sp³-hybridized carbons (Fsp3) is 0.524. The molecule has 4 rings (SSSR count). The molecule has 0 radical (unpaired) electrons. The Balaban J connectivity index is 1.61. The average molecular weight is 716 g/mol. The Bertz CT molecular complexity index is 1670. The van der Waals surface area contributed by atoms with Crippen molar-refractivity contribution in [3.8, 4) is 16.9 Å². The highest BCUT2D eigenvalue weighted by Crippen LogP contribution is 2.42. The normalized spacial score (nSPS) is 11.2. The van der Waals surface area contributed by atoms with Gasteiger partial charge in [-0.1, -0.05) is 120 Å². The first kappa shape index (κ1) is 39.9. The number of methoxy groups -OCH3 is 1. The van der Waals surface area contributed by atoms with E-state index in [0.29, 0.717) is 40.2 Å². The second kappa shape index (κ2) is 21.5. The first-order valence-corrected chi connectivity index (χ1v) is 20.0. The van der Waals surface area contributed by atoms with E-state index < -0.39 is 11.9 Å². The summed E-state index contributed by atoms with van der Waals surface area (Å²) in [5.41, 5.74) is 5.48. The zero-order valence-corrected chi connectivity index (χ0v) is 32.2. The van der Waals surface area contributed by atoms with Crippen LogP contribution in [0.5, 0.6) is 5.75 Å². The summed E-state index contributed by atoms with van der Waals surface area (Å²) in [5, 5.41) is 0.710. The fourth-order valence-corrected chi connectivity index (χ4v) is 7.53. The van der Waals surface area contributed by atoms with Gasteiger partial charge in [0, 0.05) is 16.9 Å². The Hall–Kier alpha value is -3.85. The van der Waals surface area contributed by atoms with Crippen LogP contribution < -0.4 is 4.74 Å². The smallest absolute Gasteiger partial charge is 0.340 e. The molecule has 4 aromatic rings. The van der Waals surface area contributed by atoms with Crippen LogP contribution in [0.4, 0.5) is 0 Å². The van der Waals surface area contributed by atoms with Gasteiger partial charge in [-0.3, -0.25) is 4.98 Å². The first-order valence-electron chi connectivity index (χ1n) is 19.0. The first-order chi connectivity index (χ1) is 24.9. The van der Waals surface area contributed by atoms with E-state index in [1.807, 2.05) is 43.3 Å². The Morgan fingerprint density at radius 2 is 1.39 bits per heavy atom. The summed E-state index contributed by atoms with van der Waals surface area (Å²) in [5.74, 6) is -0.158. The molecule has 2 aromatic heterocycles. The van der Waals surface area contributed by atoms with E-state index in [1.54, 1.807) is 13.8 Å². The number of nitrogens with zero attached hydrogens (tertiary/aromatic N) is 2. The van der Waals surface area contributed by atoms with E-state index in [1.165, 1.54) is 89.5 Å². The molecule has 276 valence electrons. The molecule has 8 nitrogen and oxygen atoms in total. The highest BCUT2D eigenvalue weighted by Gasteiger charge is 2.32. The number of rotatable bonds is 23. The van der Waals surface area contributed by atoms with Gasteiger partial charge in [0.15, 0.2) is 5.16 Å². The molecule has 0 aliphatic rings. The largest absolute Gasteiger partial charge is 0.493 e. The molecule has 0 saturated heterocycles. The molecule has 9 heteroatoms. The number of aromatic amines is 1. The Kier molecular flexibility index (Phi) is 16.8. The summed E-state index contributed by atoms with van der Waals surface area (Å²) in [6.07, 6.45) is 17.4. The van der Waals surface area contributed by atoms with Gasteiger partial charge >= 0.3 is 11.9 Å². The molecule has 0 unspecified atom stereocenters. The number of carbonyl (C=O) groups excluding carboxylic acids is 2. The molecule has 0 saturated carbocycles. The molecule has 0 aliphatic heterocycles. The quantitative estimate of drug-likeness (QED) is 0.0460. The van der Waals surface area contributed by atoms with Gasteiger partial charge in [-0.05, 0) is 57.4 Å². The number of pyridine rings is 1. The molecular formula is C42H57N3O5S. The predicted molar refractivity (Wildman–Crippen MR) is 208 cm³/mol.